The minimum atomic E-state index is -4.50. The van der Waals surface area contributed by atoms with E-state index in [0.29, 0.717) is 5.56 Å². The molecule has 0 bridgehead atoms. The van der Waals surface area contributed by atoms with Crippen LogP contribution in [0.25, 0.3) is 0 Å². The molecule has 1 N–H and O–H groups in total. The monoisotopic (exact) mass is 470 g/mol. The van der Waals surface area contributed by atoms with Crippen LogP contribution in [0.3, 0.4) is 0 Å². The highest BCUT2D eigenvalue weighted by Gasteiger charge is 2.27. The Bertz CT molecular complexity index is 1370. The van der Waals surface area contributed by atoms with Crippen molar-refractivity contribution in [3.8, 4) is 5.75 Å². The largest absolute Gasteiger partial charge is 0.379 e. The van der Waals surface area contributed by atoms with Crippen molar-refractivity contribution >= 4 is 33.6 Å². The van der Waals surface area contributed by atoms with Crippen LogP contribution in [0.2, 0.25) is 0 Å². The van der Waals surface area contributed by atoms with Gasteiger partial charge in [-0.25, -0.2) is 5.43 Å². The van der Waals surface area contributed by atoms with E-state index < -0.39 is 36.5 Å². The van der Waals surface area contributed by atoms with Gasteiger partial charge in [0.15, 0.2) is 4.90 Å². The number of nitro benzene ring substituents is 2. The van der Waals surface area contributed by atoms with Gasteiger partial charge in [0.1, 0.15) is 5.75 Å². The molecule has 1 amide bonds. The van der Waals surface area contributed by atoms with Gasteiger partial charge < -0.3 is 4.18 Å². The lowest BCUT2D eigenvalue weighted by Crippen LogP contribution is -2.17. The fraction of sp³-hybridized carbons (Fsp3) is 0. The van der Waals surface area contributed by atoms with E-state index in [9.17, 15) is 33.4 Å². The Morgan fingerprint density at radius 2 is 1.67 bits per heavy atom. The SMILES string of the molecule is O=C(N/N=C\c1cccc(OS(=O)(=O)c2ccccc2[N+](=O)[O-])c1)c1cccc([N+](=O)[O-])c1. The fourth-order valence-corrected chi connectivity index (χ4v) is 3.72. The average Bonchev–Trinajstić information content (AvgIpc) is 2.79. The maximum atomic E-state index is 12.5. The van der Waals surface area contributed by atoms with Gasteiger partial charge in [0.2, 0.25) is 0 Å². The number of hydrogen-bond donors (Lipinski definition) is 1. The molecule has 0 atom stereocenters. The summed E-state index contributed by atoms with van der Waals surface area (Å²) < 4.78 is 30.0. The first-order chi connectivity index (χ1) is 15.7. The molecule has 0 aliphatic heterocycles. The normalized spacial score (nSPS) is 11.2. The quantitative estimate of drug-likeness (QED) is 0.226. The summed E-state index contributed by atoms with van der Waals surface area (Å²) >= 11 is 0. The van der Waals surface area contributed by atoms with Gasteiger partial charge in [-0.2, -0.15) is 13.5 Å². The summed E-state index contributed by atoms with van der Waals surface area (Å²) in [4.78, 5) is 31.9. The third-order valence-electron chi connectivity index (χ3n) is 4.09. The molecular formula is C20H14N4O8S. The van der Waals surface area contributed by atoms with Gasteiger partial charge in [0.25, 0.3) is 17.3 Å². The molecule has 0 aliphatic carbocycles. The summed E-state index contributed by atoms with van der Waals surface area (Å²) in [5.41, 5.74) is 1.68. The highest BCUT2D eigenvalue weighted by Crippen LogP contribution is 2.26. The predicted molar refractivity (Wildman–Crippen MR) is 116 cm³/mol. The number of hydrazone groups is 1. The topological polar surface area (TPSA) is 171 Å². The molecule has 33 heavy (non-hydrogen) atoms. The summed E-state index contributed by atoms with van der Waals surface area (Å²) in [5, 5.41) is 25.6. The smallest absolute Gasteiger partial charge is 0.346 e. The summed E-state index contributed by atoms with van der Waals surface area (Å²) in [6.45, 7) is 0. The van der Waals surface area contributed by atoms with Crippen molar-refractivity contribution in [2.24, 2.45) is 5.10 Å². The molecular weight excluding hydrogens is 456 g/mol. The molecule has 3 aromatic rings. The number of carbonyl (C=O) groups excluding carboxylic acids is 1. The first-order valence-corrected chi connectivity index (χ1v) is 10.4. The van der Waals surface area contributed by atoms with Crippen LogP contribution in [0.1, 0.15) is 15.9 Å². The van der Waals surface area contributed by atoms with Crippen molar-refractivity contribution in [1.82, 2.24) is 5.43 Å². The number of rotatable bonds is 8. The van der Waals surface area contributed by atoms with E-state index in [-0.39, 0.29) is 17.0 Å². The second kappa shape index (κ2) is 9.65. The Labute approximate surface area is 186 Å². The molecule has 0 spiro atoms. The third-order valence-corrected chi connectivity index (χ3v) is 5.39. The second-order valence-electron chi connectivity index (χ2n) is 6.34. The van der Waals surface area contributed by atoms with E-state index in [1.807, 2.05) is 0 Å². The summed E-state index contributed by atoms with van der Waals surface area (Å²) in [5.74, 6) is -0.830. The Balaban J connectivity index is 1.73. The lowest BCUT2D eigenvalue weighted by molar-refractivity contribution is -0.387. The molecule has 0 saturated heterocycles. The molecule has 0 aliphatic rings. The first kappa shape index (κ1) is 23.0. The minimum Gasteiger partial charge on any atom is -0.379 e. The van der Waals surface area contributed by atoms with Crippen molar-refractivity contribution in [3.05, 3.63) is 104 Å². The van der Waals surface area contributed by atoms with Crippen LogP contribution >= 0.6 is 0 Å². The van der Waals surface area contributed by atoms with Gasteiger partial charge >= 0.3 is 10.1 Å². The molecule has 3 rings (SSSR count). The number of nitro groups is 2. The van der Waals surface area contributed by atoms with Gasteiger partial charge in [0.05, 0.1) is 16.1 Å². The van der Waals surface area contributed by atoms with Crippen LogP contribution in [0.4, 0.5) is 11.4 Å². The number of nitrogens with zero attached hydrogens (tertiary/aromatic N) is 3. The Kier molecular flexibility index (Phi) is 6.74. The predicted octanol–water partition coefficient (Wildman–Crippen LogP) is 3.03. The number of hydrogen-bond acceptors (Lipinski definition) is 9. The van der Waals surface area contributed by atoms with Gasteiger partial charge in [-0.3, -0.25) is 25.0 Å². The lowest BCUT2D eigenvalue weighted by Gasteiger charge is -2.08. The van der Waals surface area contributed by atoms with Gasteiger partial charge in [0, 0.05) is 23.8 Å². The molecule has 168 valence electrons. The Hall–Kier alpha value is -4.65. The van der Waals surface area contributed by atoms with E-state index in [1.54, 1.807) is 0 Å². The number of amides is 1. The van der Waals surface area contributed by atoms with Gasteiger partial charge in [-0.15, -0.1) is 0 Å². The van der Waals surface area contributed by atoms with Crippen molar-refractivity contribution < 1.29 is 27.2 Å². The zero-order chi connectivity index (χ0) is 24.0. The molecule has 0 unspecified atom stereocenters. The lowest BCUT2D eigenvalue weighted by atomic mass is 10.2. The van der Waals surface area contributed by atoms with E-state index in [0.717, 1.165) is 18.2 Å². The van der Waals surface area contributed by atoms with E-state index in [4.69, 9.17) is 4.18 Å². The average molecular weight is 470 g/mol. The first-order valence-electron chi connectivity index (χ1n) is 9.03. The Morgan fingerprint density at radius 3 is 2.39 bits per heavy atom. The molecule has 0 radical (unpaired) electrons. The van der Waals surface area contributed by atoms with Gasteiger partial charge in [-0.1, -0.05) is 30.3 Å². The zero-order valence-electron chi connectivity index (χ0n) is 16.5. The van der Waals surface area contributed by atoms with Crippen LogP contribution in [-0.2, 0) is 10.1 Å². The molecule has 0 saturated carbocycles. The highest BCUT2D eigenvalue weighted by molar-refractivity contribution is 7.87. The number of para-hydroxylation sites is 1. The molecule has 13 heteroatoms. The van der Waals surface area contributed by atoms with E-state index >= 15 is 0 Å². The third kappa shape index (κ3) is 5.74. The molecule has 0 heterocycles. The minimum absolute atomic E-state index is 0.0222. The van der Waals surface area contributed by atoms with E-state index in [2.05, 4.69) is 10.5 Å². The number of carbonyl (C=O) groups is 1. The summed E-state index contributed by atoms with van der Waals surface area (Å²) in [6, 6.07) is 15.4. The van der Waals surface area contributed by atoms with Crippen LogP contribution < -0.4 is 9.61 Å². The van der Waals surface area contributed by atoms with Crippen molar-refractivity contribution in [3.63, 3.8) is 0 Å². The molecule has 12 nitrogen and oxygen atoms in total. The number of non-ortho nitro benzene ring substituents is 1. The zero-order valence-corrected chi connectivity index (χ0v) is 17.3. The van der Waals surface area contributed by atoms with Crippen LogP contribution in [0, 0.1) is 20.2 Å². The Morgan fingerprint density at radius 1 is 0.939 bits per heavy atom. The van der Waals surface area contributed by atoms with Crippen LogP contribution in [0.5, 0.6) is 5.75 Å². The van der Waals surface area contributed by atoms with Crippen LogP contribution in [-0.4, -0.2) is 30.4 Å². The second-order valence-corrected chi connectivity index (χ2v) is 7.86. The maximum Gasteiger partial charge on any atom is 0.346 e. The molecule has 0 aromatic heterocycles. The summed E-state index contributed by atoms with van der Waals surface area (Å²) in [7, 11) is -4.50. The van der Waals surface area contributed by atoms with Crippen molar-refractivity contribution in [2.75, 3.05) is 0 Å². The van der Waals surface area contributed by atoms with Crippen molar-refractivity contribution in [2.45, 2.75) is 4.90 Å². The molecule has 3 aromatic carbocycles. The van der Waals surface area contributed by atoms with Crippen molar-refractivity contribution in [1.29, 1.82) is 0 Å². The van der Waals surface area contributed by atoms with Crippen LogP contribution in [0.15, 0.2) is 82.8 Å². The van der Waals surface area contributed by atoms with Gasteiger partial charge in [-0.05, 0) is 29.8 Å². The molecule has 0 fully saturated rings. The fourth-order valence-electron chi connectivity index (χ4n) is 2.63. The maximum absolute atomic E-state index is 12.5. The van der Waals surface area contributed by atoms with E-state index in [1.165, 1.54) is 60.8 Å². The number of nitrogens with one attached hydrogen (secondary N) is 1. The standard InChI is InChI=1S/C20H14N4O8S/c25-20(15-6-4-7-16(12-15)23(26)27)22-21-13-14-5-3-8-17(11-14)32-33(30,31)19-10-2-1-9-18(19)24(28)29/h1-13H,(H,22,25)/b21-13-. The number of benzene rings is 3. The summed E-state index contributed by atoms with van der Waals surface area (Å²) in [6.07, 6.45) is 1.19. The highest BCUT2D eigenvalue weighted by atomic mass is 32.2.